The van der Waals surface area contributed by atoms with Gasteiger partial charge in [0, 0.05) is 16.3 Å². The van der Waals surface area contributed by atoms with E-state index >= 15 is 0 Å². The van der Waals surface area contributed by atoms with Gasteiger partial charge in [0.15, 0.2) is 5.69 Å². The second-order valence-electron chi connectivity index (χ2n) is 5.09. The maximum absolute atomic E-state index is 6.38. The Kier molecular flexibility index (Phi) is 4.64. The van der Waals surface area contributed by atoms with Gasteiger partial charge in [-0.1, -0.05) is 45.5 Å². The summed E-state index contributed by atoms with van der Waals surface area (Å²) >= 11 is 18.6. The van der Waals surface area contributed by atoms with Crippen molar-refractivity contribution in [2.75, 3.05) is 7.11 Å². The van der Waals surface area contributed by atoms with Crippen LogP contribution in [0, 0.1) is 0 Å². The minimum Gasteiger partial charge on any atom is -0.496 e. The topological polar surface area (TPSA) is 72.3 Å². The number of ether oxygens (including phenoxy) is 1. The first kappa shape index (κ1) is 17.0. The van der Waals surface area contributed by atoms with Crippen molar-refractivity contribution >= 4 is 46.4 Å². The van der Waals surface area contributed by atoms with Crippen molar-refractivity contribution in [3.63, 3.8) is 0 Å². The molecule has 2 N–H and O–H groups in total. The summed E-state index contributed by atoms with van der Waals surface area (Å²) in [4.78, 5) is 0. The van der Waals surface area contributed by atoms with Gasteiger partial charge in [0.1, 0.15) is 17.3 Å². The number of nitrogens with zero attached hydrogens (tertiary/aromatic N) is 4. The molecule has 24 heavy (non-hydrogen) atoms. The summed E-state index contributed by atoms with van der Waals surface area (Å²) < 4.78 is 5.16. The number of hydrogen-bond acceptors (Lipinski definition) is 5. The maximum atomic E-state index is 6.38. The molecule has 1 aliphatic rings. The maximum Gasteiger partial charge on any atom is 0.354 e. The molecule has 0 spiro atoms. The SMILES string of the molecule is COc1ccc(Cl)cc1C[N+]1(c2cccc(Cl)c2Cl)N=NN=C1N. The Bertz CT molecular complexity index is 855. The predicted octanol–water partition coefficient (Wildman–Crippen LogP) is 4.77. The standard InChI is InChI=1S/C15H13Cl3N5O/c1-24-13-6-5-10(16)7-9(13)8-23(15(19)20-21-22-23)12-4-2-3-11(17)14(12)18/h2-7H,8H2,1H3,(H2,19,20,22)/q+1. The van der Waals surface area contributed by atoms with Crippen LogP contribution < -0.4 is 15.1 Å². The first-order valence-electron chi connectivity index (χ1n) is 6.89. The zero-order valence-corrected chi connectivity index (χ0v) is 14.8. The van der Waals surface area contributed by atoms with Gasteiger partial charge in [0.25, 0.3) is 0 Å². The largest absolute Gasteiger partial charge is 0.496 e. The van der Waals surface area contributed by atoms with Gasteiger partial charge in [0.05, 0.1) is 22.9 Å². The van der Waals surface area contributed by atoms with Crippen LogP contribution >= 0.6 is 34.8 Å². The van der Waals surface area contributed by atoms with E-state index < -0.39 is 0 Å². The molecule has 0 fully saturated rings. The van der Waals surface area contributed by atoms with Gasteiger partial charge in [0.2, 0.25) is 0 Å². The second kappa shape index (κ2) is 6.57. The van der Waals surface area contributed by atoms with Crippen molar-refractivity contribution in [2.24, 2.45) is 21.3 Å². The minimum absolute atomic E-state index is 0.168. The Morgan fingerprint density at radius 3 is 2.62 bits per heavy atom. The molecule has 1 aliphatic heterocycles. The Labute approximate surface area is 153 Å². The molecule has 124 valence electrons. The summed E-state index contributed by atoms with van der Waals surface area (Å²) in [5.74, 6) is 0.811. The van der Waals surface area contributed by atoms with Crippen LogP contribution in [0.5, 0.6) is 5.75 Å². The zero-order valence-electron chi connectivity index (χ0n) is 12.6. The van der Waals surface area contributed by atoms with E-state index in [1.54, 1.807) is 43.5 Å². The fourth-order valence-corrected chi connectivity index (χ4v) is 3.15. The van der Waals surface area contributed by atoms with Crippen LogP contribution in [0.25, 0.3) is 0 Å². The number of methoxy groups -OCH3 is 1. The fourth-order valence-electron chi connectivity index (χ4n) is 2.52. The van der Waals surface area contributed by atoms with Gasteiger partial charge >= 0.3 is 5.96 Å². The van der Waals surface area contributed by atoms with Crippen LogP contribution in [0.15, 0.2) is 51.9 Å². The van der Waals surface area contributed by atoms with Crippen LogP contribution in [0.3, 0.4) is 0 Å². The van der Waals surface area contributed by atoms with Crippen molar-refractivity contribution in [3.8, 4) is 5.75 Å². The molecule has 6 nitrogen and oxygen atoms in total. The van der Waals surface area contributed by atoms with Crippen LogP contribution in [-0.4, -0.2) is 13.1 Å². The van der Waals surface area contributed by atoms with Gasteiger partial charge < -0.3 is 10.5 Å². The normalized spacial score (nSPS) is 19.4. The summed E-state index contributed by atoms with van der Waals surface area (Å²) in [6, 6.07) is 10.5. The van der Waals surface area contributed by atoms with Gasteiger partial charge in [-0.15, -0.1) is 0 Å². The van der Waals surface area contributed by atoms with E-state index in [1.165, 1.54) is 0 Å². The highest BCUT2D eigenvalue weighted by atomic mass is 35.5. The summed E-state index contributed by atoms with van der Waals surface area (Å²) in [6.45, 7) is 0.266. The molecule has 2 aromatic rings. The third-order valence-corrected chi connectivity index (χ3v) is 4.73. The number of rotatable bonds is 4. The van der Waals surface area contributed by atoms with E-state index in [0.717, 1.165) is 5.56 Å². The number of quaternary nitrogens is 1. The smallest absolute Gasteiger partial charge is 0.354 e. The van der Waals surface area contributed by atoms with Crippen molar-refractivity contribution in [1.29, 1.82) is 0 Å². The first-order chi connectivity index (χ1) is 11.5. The molecule has 1 unspecified atom stereocenters. The Hall–Kier alpha value is -1.86. The number of guanidine groups is 1. The molecule has 0 amide bonds. The molecule has 1 atom stereocenters. The summed E-state index contributed by atoms with van der Waals surface area (Å²) in [7, 11) is 1.58. The lowest BCUT2D eigenvalue weighted by Crippen LogP contribution is -2.51. The van der Waals surface area contributed by atoms with Crippen molar-refractivity contribution < 1.29 is 4.74 Å². The average Bonchev–Trinajstić information content (AvgIpc) is 2.92. The molecule has 0 aromatic heterocycles. The number of benzene rings is 2. The van der Waals surface area contributed by atoms with Crippen molar-refractivity contribution in [1.82, 2.24) is 4.59 Å². The van der Waals surface area contributed by atoms with Crippen LogP contribution in [-0.2, 0) is 6.54 Å². The highest BCUT2D eigenvalue weighted by Gasteiger charge is 2.44. The molecule has 9 heteroatoms. The van der Waals surface area contributed by atoms with Gasteiger partial charge in [-0.2, -0.15) is 0 Å². The summed E-state index contributed by atoms with van der Waals surface area (Å²) in [5.41, 5.74) is 7.44. The molecule has 3 rings (SSSR count). The molecular formula is C15H13Cl3N5O+. The molecule has 2 aromatic carbocycles. The Morgan fingerprint density at radius 2 is 1.96 bits per heavy atom. The lowest BCUT2D eigenvalue weighted by molar-refractivity contribution is 0.379. The highest BCUT2D eigenvalue weighted by molar-refractivity contribution is 6.43. The summed E-state index contributed by atoms with van der Waals surface area (Å²) in [5, 5.41) is 13.1. The Balaban J connectivity index is 2.16. The Morgan fingerprint density at radius 1 is 1.17 bits per heavy atom. The van der Waals surface area contributed by atoms with Crippen molar-refractivity contribution in [3.05, 3.63) is 57.0 Å². The van der Waals surface area contributed by atoms with Crippen LogP contribution in [0.1, 0.15) is 5.56 Å². The average molecular weight is 386 g/mol. The quantitative estimate of drug-likeness (QED) is 0.770. The predicted molar refractivity (Wildman–Crippen MR) is 96.4 cm³/mol. The van der Waals surface area contributed by atoms with E-state index in [4.69, 9.17) is 45.3 Å². The minimum atomic E-state index is -0.240. The molecule has 0 bridgehead atoms. The monoisotopic (exact) mass is 384 g/mol. The van der Waals surface area contributed by atoms with Crippen LogP contribution in [0.4, 0.5) is 5.69 Å². The number of halogens is 3. The lowest BCUT2D eigenvalue weighted by Gasteiger charge is -2.26. The van der Waals surface area contributed by atoms with E-state index in [1.807, 2.05) is 0 Å². The van der Waals surface area contributed by atoms with Crippen molar-refractivity contribution in [2.45, 2.75) is 6.54 Å². The summed E-state index contributed by atoms with van der Waals surface area (Å²) in [6.07, 6.45) is 0. The molecule has 0 saturated carbocycles. The van der Waals surface area contributed by atoms with E-state index in [-0.39, 0.29) is 17.1 Å². The van der Waals surface area contributed by atoms with E-state index in [9.17, 15) is 0 Å². The zero-order chi connectivity index (χ0) is 17.3. The highest BCUT2D eigenvalue weighted by Crippen LogP contribution is 2.41. The number of nitrogens with two attached hydrogens (primary N) is 1. The lowest BCUT2D eigenvalue weighted by atomic mass is 10.1. The van der Waals surface area contributed by atoms with Crippen LogP contribution in [0.2, 0.25) is 15.1 Å². The number of hydrogen-bond donors (Lipinski definition) is 1. The van der Waals surface area contributed by atoms with Gasteiger partial charge in [-0.3, -0.25) is 0 Å². The van der Waals surface area contributed by atoms with E-state index in [2.05, 4.69) is 15.5 Å². The van der Waals surface area contributed by atoms with Gasteiger partial charge in [-0.25, -0.2) is 0 Å². The molecule has 0 saturated heterocycles. The third kappa shape index (κ3) is 2.82. The second-order valence-corrected chi connectivity index (χ2v) is 6.32. The third-order valence-electron chi connectivity index (χ3n) is 3.69. The van der Waals surface area contributed by atoms with Gasteiger partial charge in [-0.05, 0) is 29.4 Å². The molecule has 0 aliphatic carbocycles. The first-order valence-corrected chi connectivity index (χ1v) is 8.02. The molecule has 1 heterocycles. The molecular weight excluding hydrogens is 373 g/mol. The van der Waals surface area contributed by atoms with E-state index in [0.29, 0.717) is 26.5 Å². The molecule has 0 radical (unpaired) electrons. The fraction of sp³-hybridized carbons (Fsp3) is 0.133.